The third kappa shape index (κ3) is 6.23. The molecule has 0 saturated heterocycles. The van der Waals surface area contributed by atoms with Crippen molar-refractivity contribution < 1.29 is 23.1 Å². The SMILES string of the molecule is CC1CCC(CN(CC(=O)O)CC(F)(F)F)CC1. The first-order valence-electron chi connectivity index (χ1n) is 6.27. The van der Waals surface area contributed by atoms with Crippen LogP contribution in [0.3, 0.4) is 0 Å². The van der Waals surface area contributed by atoms with Gasteiger partial charge in [-0.2, -0.15) is 13.2 Å². The smallest absolute Gasteiger partial charge is 0.401 e. The predicted molar refractivity (Wildman–Crippen MR) is 61.3 cm³/mol. The van der Waals surface area contributed by atoms with Gasteiger partial charge in [0.1, 0.15) is 0 Å². The maximum atomic E-state index is 12.3. The molecule has 6 heteroatoms. The Morgan fingerprint density at radius 2 is 1.83 bits per heavy atom. The highest BCUT2D eigenvalue weighted by atomic mass is 19.4. The summed E-state index contributed by atoms with van der Waals surface area (Å²) in [5, 5.41) is 8.64. The maximum absolute atomic E-state index is 12.3. The van der Waals surface area contributed by atoms with Gasteiger partial charge in [0, 0.05) is 6.54 Å². The number of aliphatic carboxylic acids is 1. The fraction of sp³-hybridized carbons (Fsp3) is 0.917. The summed E-state index contributed by atoms with van der Waals surface area (Å²) in [6.45, 7) is 0.705. The normalized spacial score (nSPS) is 25.4. The highest BCUT2D eigenvalue weighted by Gasteiger charge is 2.33. The molecule has 0 aromatic carbocycles. The molecule has 0 aromatic rings. The summed E-state index contributed by atoms with van der Waals surface area (Å²) < 4.78 is 37.0. The van der Waals surface area contributed by atoms with Gasteiger partial charge in [-0.05, 0) is 24.7 Å². The molecule has 0 atom stereocenters. The molecule has 0 aliphatic heterocycles. The summed E-state index contributed by atoms with van der Waals surface area (Å²) in [6.07, 6.45) is -0.489. The second-order valence-electron chi connectivity index (χ2n) is 5.30. The molecule has 0 aromatic heterocycles. The minimum absolute atomic E-state index is 0.197. The molecule has 0 radical (unpaired) electrons. The number of carboxylic acids is 1. The van der Waals surface area contributed by atoms with Crippen LogP contribution >= 0.6 is 0 Å². The lowest BCUT2D eigenvalue weighted by Gasteiger charge is -2.31. The first kappa shape index (κ1) is 15.3. The van der Waals surface area contributed by atoms with Gasteiger partial charge >= 0.3 is 12.1 Å². The van der Waals surface area contributed by atoms with E-state index in [-0.39, 0.29) is 12.5 Å². The van der Waals surface area contributed by atoms with Gasteiger partial charge in [0.25, 0.3) is 0 Å². The summed E-state index contributed by atoms with van der Waals surface area (Å²) in [6, 6.07) is 0. The van der Waals surface area contributed by atoms with E-state index >= 15 is 0 Å². The van der Waals surface area contributed by atoms with Gasteiger partial charge in [0.05, 0.1) is 13.1 Å². The van der Waals surface area contributed by atoms with Crippen LogP contribution in [0.25, 0.3) is 0 Å². The van der Waals surface area contributed by atoms with Gasteiger partial charge in [-0.15, -0.1) is 0 Å². The fourth-order valence-electron chi connectivity index (χ4n) is 2.51. The molecule has 0 spiro atoms. The van der Waals surface area contributed by atoms with E-state index in [1.807, 2.05) is 0 Å². The Hall–Kier alpha value is -0.780. The Labute approximate surface area is 105 Å². The summed E-state index contributed by atoms with van der Waals surface area (Å²) in [4.78, 5) is 11.6. The average molecular weight is 267 g/mol. The standard InChI is InChI=1S/C12H20F3NO2/c1-9-2-4-10(5-3-9)6-16(7-11(17)18)8-12(13,14)15/h9-10H,2-8H2,1H3,(H,17,18). The van der Waals surface area contributed by atoms with Crippen LogP contribution in [0, 0.1) is 11.8 Å². The van der Waals surface area contributed by atoms with Gasteiger partial charge < -0.3 is 5.11 Å². The first-order chi connectivity index (χ1) is 8.26. The Bertz CT molecular complexity index is 273. The van der Waals surface area contributed by atoms with Crippen LogP contribution in [0.4, 0.5) is 13.2 Å². The lowest BCUT2D eigenvalue weighted by molar-refractivity contribution is -0.155. The Kier molecular flexibility index (Phi) is 5.44. The molecule has 0 bridgehead atoms. The lowest BCUT2D eigenvalue weighted by atomic mass is 9.83. The molecule has 0 unspecified atom stereocenters. The summed E-state index contributed by atoms with van der Waals surface area (Å²) in [5.41, 5.74) is 0. The molecule has 1 fully saturated rings. The molecule has 1 aliphatic rings. The quantitative estimate of drug-likeness (QED) is 0.832. The number of alkyl halides is 3. The van der Waals surface area contributed by atoms with Gasteiger partial charge in [0.15, 0.2) is 0 Å². The number of hydrogen-bond acceptors (Lipinski definition) is 2. The fourth-order valence-corrected chi connectivity index (χ4v) is 2.51. The molecule has 1 aliphatic carbocycles. The molecule has 3 nitrogen and oxygen atoms in total. The van der Waals surface area contributed by atoms with Crippen LogP contribution in [-0.4, -0.2) is 41.8 Å². The molecule has 1 N–H and O–H groups in total. The zero-order valence-electron chi connectivity index (χ0n) is 10.5. The molecule has 1 rings (SSSR count). The van der Waals surface area contributed by atoms with Crippen LogP contribution in [-0.2, 0) is 4.79 Å². The van der Waals surface area contributed by atoms with Gasteiger partial charge in [-0.25, -0.2) is 0 Å². The molecular weight excluding hydrogens is 247 g/mol. The Balaban J connectivity index is 2.47. The van der Waals surface area contributed by atoms with E-state index in [9.17, 15) is 18.0 Å². The summed E-state index contributed by atoms with van der Waals surface area (Å²) in [5.74, 6) is -0.372. The van der Waals surface area contributed by atoms with Crippen LogP contribution in [0.15, 0.2) is 0 Å². The van der Waals surface area contributed by atoms with E-state index < -0.39 is 25.2 Å². The largest absolute Gasteiger partial charge is 0.480 e. The predicted octanol–water partition coefficient (Wildman–Crippen LogP) is 2.76. The third-order valence-corrected chi connectivity index (χ3v) is 3.41. The van der Waals surface area contributed by atoms with Crippen molar-refractivity contribution in [2.24, 2.45) is 11.8 Å². The lowest BCUT2D eigenvalue weighted by Crippen LogP contribution is -2.41. The number of nitrogens with zero attached hydrogens (tertiary/aromatic N) is 1. The van der Waals surface area contributed by atoms with Crippen molar-refractivity contribution in [1.29, 1.82) is 0 Å². The number of halogens is 3. The Morgan fingerprint density at radius 3 is 2.28 bits per heavy atom. The van der Waals surface area contributed by atoms with E-state index in [0.29, 0.717) is 5.92 Å². The van der Waals surface area contributed by atoms with Crippen molar-refractivity contribution in [3.8, 4) is 0 Å². The van der Waals surface area contributed by atoms with Crippen LogP contribution in [0.2, 0.25) is 0 Å². The van der Waals surface area contributed by atoms with Crippen molar-refractivity contribution in [3.63, 3.8) is 0 Å². The van der Waals surface area contributed by atoms with Crippen LogP contribution in [0.5, 0.6) is 0 Å². The van der Waals surface area contributed by atoms with E-state index in [1.165, 1.54) is 0 Å². The number of rotatable bonds is 5. The van der Waals surface area contributed by atoms with Crippen molar-refractivity contribution in [3.05, 3.63) is 0 Å². The van der Waals surface area contributed by atoms with E-state index in [2.05, 4.69) is 6.92 Å². The van der Waals surface area contributed by atoms with Crippen molar-refractivity contribution in [1.82, 2.24) is 4.90 Å². The molecule has 106 valence electrons. The monoisotopic (exact) mass is 267 g/mol. The number of hydrogen-bond donors (Lipinski definition) is 1. The minimum atomic E-state index is -4.34. The highest BCUT2D eigenvalue weighted by molar-refractivity contribution is 5.69. The van der Waals surface area contributed by atoms with E-state index in [1.54, 1.807) is 0 Å². The second-order valence-corrected chi connectivity index (χ2v) is 5.30. The van der Waals surface area contributed by atoms with Gasteiger partial charge in [-0.3, -0.25) is 9.69 Å². The van der Waals surface area contributed by atoms with Crippen molar-refractivity contribution in [2.75, 3.05) is 19.6 Å². The minimum Gasteiger partial charge on any atom is -0.480 e. The number of carbonyl (C=O) groups is 1. The molecular formula is C12H20F3NO2. The Morgan fingerprint density at radius 1 is 1.28 bits per heavy atom. The molecule has 0 amide bonds. The molecule has 0 heterocycles. The summed E-state index contributed by atoms with van der Waals surface area (Å²) in [7, 11) is 0. The van der Waals surface area contributed by atoms with Crippen LogP contribution < -0.4 is 0 Å². The van der Waals surface area contributed by atoms with Crippen molar-refractivity contribution in [2.45, 2.75) is 38.8 Å². The van der Waals surface area contributed by atoms with E-state index in [4.69, 9.17) is 5.11 Å². The highest BCUT2D eigenvalue weighted by Crippen LogP contribution is 2.29. The number of carboxylic acid groups (broad SMARTS) is 1. The first-order valence-corrected chi connectivity index (χ1v) is 6.27. The van der Waals surface area contributed by atoms with E-state index in [0.717, 1.165) is 30.6 Å². The average Bonchev–Trinajstić information content (AvgIpc) is 2.18. The topological polar surface area (TPSA) is 40.5 Å². The van der Waals surface area contributed by atoms with Crippen LogP contribution in [0.1, 0.15) is 32.6 Å². The van der Waals surface area contributed by atoms with Gasteiger partial charge in [-0.1, -0.05) is 19.8 Å². The molecule has 1 saturated carbocycles. The second kappa shape index (κ2) is 6.41. The zero-order valence-corrected chi connectivity index (χ0v) is 10.5. The molecule has 18 heavy (non-hydrogen) atoms. The zero-order chi connectivity index (χ0) is 13.8. The van der Waals surface area contributed by atoms with Crippen molar-refractivity contribution >= 4 is 5.97 Å². The van der Waals surface area contributed by atoms with Gasteiger partial charge in [0.2, 0.25) is 0 Å². The maximum Gasteiger partial charge on any atom is 0.401 e. The summed E-state index contributed by atoms with van der Waals surface area (Å²) >= 11 is 0. The third-order valence-electron chi connectivity index (χ3n) is 3.41.